The van der Waals surface area contributed by atoms with Crippen LogP contribution in [-0.2, 0) is 4.74 Å². The molecule has 0 saturated carbocycles. The lowest BCUT2D eigenvalue weighted by Gasteiger charge is -2.08. The highest BCUT2D eigenvalue weighted by Gasteiger charge is 2.20. The third-order valence-corrected chi connectivity index (χ3v) is 4.12. The third-order valence-electron chi connectivity index (χ3n) is 3.83. The summed E-state index contributed by atoms with van der Waals surface area (Å²) >= 11 is 5.78. The fourth-order valence-corrected chi connectivity index (χ4v) is 2.64. The van der Waals surface area contributed by atoms with E-state index < -0.39 is 5.82 Å². The summed E-state index contributed by atoms with van der Waals surface area (Å²) in [4.78, 5) is 12.2. The summed E-state index contributed by atoms with van der Waals surface area (Å²) in [5.41, 5.74) is 1.35. The number of nitrogens with one attached hydrogen (secondary N) is 1. The van der Waals surface area contributed by atoms with Crippen molar-refractivity contribution in [2.45, 2.75) is 13.3 Å². The van der Waals surface area contributed by atoms with Gasteiger partial charge in [0.05, 0.1) is 23.0 Å². The van der Waals surface area contributed by atoms with Gasteiger partial charge in [-0.05, 0) is 31.5 Å². The van der Waals surface area contributed by atoms with Crippen molar-refractivity contribution < 1.29 is 13.9 Å². The molecule has 0 spiro atoms. The maximum Gasteiger partial charge on any atom is 0.273 e. The van der Waals surface area contributed by atoms with Gasteiger partial charge in [0.15, 0.2) is 5.69 Å². The Labute approximate surface area is 137 Å². The summed E-state index contributed by atoms with van der Waals surface area (Å²) in [6.07, 6.45) is 0.944. The molecule has 1 fully saturated rings. The normalized spacial score (nSPS) is 17.4. The quantitative estimate of drug-likeness (QED) is 0.927. The molecule has 1 aliphatic heterocycles. The van der Waals surface area contributed by atoms with E-state index in [2.05, 4.69) is 15.6 Å². The van der Waals surface area contributed by atoms with Crippen LogP contribution in [0, 0.1) is 18.7 Å². The van der Waals surface area contributed by atoms with E-state index in [9.17, 15) is 9.18 Å². The maximum atomic E-state index is 13.2. The minimum Gasteiger partial charge on any atom is -0.381 e. The Morgan fingerprint density at radius 2 is 2.39 bits per heavy atom. The van der Waals surface area contributed by atoms with Crippen LogP contribution in [-0.4, -0.2) is 40.7 Å². The molecule has 1 amide bonds. The third kappa shape index (κ3) is 3.35. The van der Waals surface area contributed by atoms with E-state index >= 15 is 0 Å². The summed E-state index contributed by atoms with van der Waals surface area (Å²) in [5.74, 6) is -0.455. The number of hydrogen-bond donors (Lipinski definition) is 1. The Morgan fingerprint density at radius 1 is 1.57 bits per heavy atom. The largest absolute Gasteiger partial charge is 0.381 e. The highest BCUT2D eigenvalue weighted by atomic mass is 35.5. The van der Waals surface area contributed by atoms with Gasteiger partial charge in [-0.1, -0.05) is 16.8 Å². The summed E-state index contributed by atoms with van der Waals surface area (Å²) in [6.45, 7) is 3.68. The van der Waals surface area contributed by atoms with Crippen LogP contribution in [0.25, 0.3) is 5.69 Å². The van der Waals surface area contributed by atoms with Crippen molar-refractivity contribution >= 4 is 17.5 Å². The van der Waals surface area contributed by atoms with Gasteiger partial charge in [0.1, 0.15) is 5.82 Å². The molecule has 1 aliphatic rings. The molecule has 1 saturated heterocycles. The molecular formula is C15H16ClFN4O2. The second-order valence-electron chi connectivity index (χ2n) is 5.47. The van der Waals surface area contributed by atoms with Crippen molar-refractivity contribution in [1.29, 1.82) is 0 Å². The van der Waals surface area contributed by atoms with Crippen LogP contribution >= 0.6 is 11.6 Å². The molecule has 3 rings (SSSR count). The number of halogens is 2. The molecule has 0 aliphatic carbocycles. The van der Waals surface area contributed by atoms with Crippen LogP contribution < -0.4 is 5.32 Å². The van der Waals surface area contributed by atoms with Gasteiger partial charge < -0.3 is 10.1 Å². The van der Waals surface area contributed by atoms with Gasteiger partial charge in [-0.15, -0.1) is 5.10 Å². The van der Waals surface area contributed by atoms with E-state index in [-0.39, 0.29) is 16.6 Å². The smallest absolute Gasteiger partial charge is 0.273 e. The van der Waals surface area contributed by atoms with Gasteiger partial charge in [-0.25, -0.2) is 9.07 Å². The van der Waals surface area contributed by atoms with Crippen molar-refractivity contribution in [3.8, 4) is 5.69 Å². The zero-order chi connectivity index (χ0) is 16.4. The summed E-state index contributed by atoms with van der Waals surface area (Å²) in [5, 5.41) is 10.7. The lowest BCUT2D eigenvalue weighted by molar-refractivity contribution is 0.0939. The first-order valence-corrected chi connectivity index (χ1v) is 7.67. The average Bonchev–Trinajstić information content (AvgIpc) is 3.17. The second-order valence-corrected chi connectivity index (χ2v) is 5.88. The van der Waals surface area contributed by atoms with Crippen LogP contribution in [0.5, 0.6) is 0 Å². The predicted molar refractivity (Wildman–Crippen MR) is 82.3 cm³/mol. The summed E-state index contributed by atoms with van der Waals surface area (Å²) in [6, 6.07) is 4.22. The standard InChI is InChI=1S/C15H16ClFN4O2/c1-9-14(15(22)18-7-10-4-5-23-8-10)19-20-21(9)11-2-3-13(17)12(16)6-11/h2-3,6,10H,4-5,7-8H2,1H3,(H,18,22)/t10-/m1/s1. The number of benzene rings is 1. The number of carbonyl (C=O) groups excluding carboxylic acids is 1. The minimum atomic E-state index is -0.509. The molecule has 0 bridgehead atoms. The van der Waals surface area contributed by atoms with E-state index in [0.717, 1.165) is 13.0 Å². The van der Waals surface area contributed by atoms with Crippen LogP contribution in [0.3, 0.4) is 0 Å². The summed E-state index contributed by atoms with van der Waals surface area (Å²) < 4.78 is 20.0. The Balaban J connectivity index is 1.75. The monoisotopic (exact) mass is 338 g/mol. The highest BCUT2D eigenvalue weighted by Crippen LogP contribution is 2.20. The zero-order valence-corrected chi connectivity index (χ0v) is 13.3. The number of aromatic nitrogens is 3. The molecule has 6 nitrogen and oxygen atoms in total. The Kier molecular flexibility index (Phi) is 4.58. The number of rotatable bonds is 4. The molecule has 1 N–H and O–H groups in total. The fourth-order valence-electron chi connectivity index (χ4n) is 2.47. The Bertz CT molecular complexity index is 728. The van der Waals surface area contributed by atoms with Crippen LogP contribution in [0.4, 0.5) is 4.39 Å². The predicted octanol–water partition coefficient (Wildman–Crippen LogP) is 2.13. The van der Waals surface area contributed by atoms with Crippen molar-refractivity contribution in [3.05, 3.63) is 40.4 Å². The molecule has 23 heavy (non-hydrogen) atoms. The minimum absolute atomic E-state index is 0.00960. The van der Waals surface area contributed by atoms with Crippen LogP contribution in [0.15, 0.2) is 18.2 Å². The first kappa shape index (κ1) is 15.9. The highest BCUT2D eigenvalue weighted by molar-refractivity contribution is 6.30. The van der Waals surface area contributed by atoms with Gasteiger partial charge in [0.25, 0.3) is 5.91 Å². The van der Waals surface area contributed by atoms with Crippen LogP contribution in [0.1, 0.15) is 22.6 Å². The van der Waals surface area contributed by atoms with Gasteiger partial charge in [-0.3, -0.25) is 4.79 Å². The first-order valence-electron chi connectivity index (χ1n) is 7.30. The van der Waals surface area contributed by atoms with Crippen molar-refractivity contribution in [2.24, 2.45) is 5.92 Å². The SMILES string of the molecule is Cc1c(C(=O)NC[C@H]2CCOC2)nnn1-c1ccc(F)c(Cl)c1. The second kappa shape index (κ2) is 6.64. The molecule has 8 heteroatoms. The molecule has 1 aromatic heterocycles. The lowest BCUT2D eigenvalue weighted by atomic mass is 10.1. The van der Waals surface area contributed by atoms with Crippen molar-refractivity contribution in [3.63, 3.8) is 0 Å². The molecule has 0 unspecified atom stereocenters. The van der Waals surface area contributed by atoms with E-state index in [4.69, 9.17) is 16.3 Å². The van der Waals surface area contributed by atoms with Gasteiger partial charge in [0, 0.05) is 19.1 Å². The van der Waals surface area contributed by atoms with Gasteiger partial charge in [0.2, 0.25) is 0 Å². The topological polar surface area (TPSA) is 69.0 Å². The van der Waals surface area contributed by atoms with Crippen LogP contribution in [0.2, 0.25) is 5.02 Å². The molecular weight excluding hydrogens is 323 g/mol. The number of nitrogens with zero attached hydrogens (tertiary/aromatic N) is 3. The number of ether oxygens (including phenoxy) is 1. The molecule has 2 aromatic rings. The number of carbonyl (C=O) groups is 1. The zero-order valence-electron chi connectivity index (χ0n) is 12.6. The fraction of sp³-hybridized carbons (Fsp3) is 0.400. The van der Waals surface area contributed by atoms with Crippen molar-refractivity contribution in [1.82, 2.24) is 20.3 Å². The van der Waals surface area contributed by atoms with E-state index in [0.29, 0.717) is 30.5 Å². The Hall–Kier alpha value is -1.99. The molecule has 122 valence electrons. The molecule has 1 atom stereocenters. The Morgan fingerprint density at radius 3 is 3.09 bits per heavy atom. The number of amides is 1. The molecule has 0 radical (unpaired) electrons. The van der Waals surface area contributed by atoms with Gasteiger partial charge >= 0.3 is 0 Å². The average molecular weight is 339 g/mol. The van der Waals surface area contributed by atoms with E-state index in [1.165, 1.54) is 22.9 Å². The molecule has 2 heterocycles. The van der Waals surface area contributed by atoms with E-state index in [1.54, 1.807) is 6.92 Å². The maximum absolute atomic E-state index is 13.2. The first-order chi connectivity index (χ1) is 11.1. The lowest BCUT2D eigenvalue weighted by Crippen LogP contribution is -2.30. The summed E-state index contributed by atoms with van der Waals surface area (Å²) in [7, 11) is 0. The van der Waals surface area contributed by atoms with Gasteiger partial charge in [-0.2, -0.15) is 0 Å². The van der Waals surface area contributed by atoms with E-state index in [1.807, 2.05) is 0 Å². The number of hydrogen-bond acceptors (Lipinski definition) is 4. The van der Waals surface area contributed by atoms with Crippen molar-refractivity contribution in [2.75, 3.05) is 19.8 Å². The molecule has 1 aromatic carbocycles.